The molecular weight excluding hydrogens is 302 g/mol. The smallest absolute Gasteiger partial charge is 0.248 e. The third-order valence-corrected chi connectivity index (χ3v) is 4.47. The lowest BCUT2D eigenvalue weighted by atomic mass is 10.3. The van der Waals surface area contributed by atoms with Crippen molar-refractivity contribution in [3.8, 4) is 0 Å². The van der Waals surface area contributed by atoms with Gasteiger partial charge >= 0.3 is 0 Å². The van der Waals surface area contributed by atoms with E-state index in [2.05, 4.69) is 0 Å². The van der Waals surface area contributed by atoms with Crippen LogP contribution in [0.3, 0.4) is 0 Å². The summed E-state index contributed by atoms with van der Waals surface area (Å²) in [6.45, 7) is 0.721. The molecule has 114 valence electrons. The van der Waals surface area contributed by atoms with E-state index in [1.165, 1.54) is 12.1 Å². The van der Waals surface area contributed by atoms with Crippen LogP contribution in [-0.2, 0) is 14.8 Å². The Labute approximate surface area is 128 Å². The third-order valence-electron chi connectivity index (χ3n) is 3.54. The van der Waals surface area contributed by atoms with E-state index < -0.39 is 10.0 Å². The molecule has 0 atom stereocenters. The number of benzene rings is 2. The highest BCUT2D eigenvalue weighted by Gasteiger charge is 2.28. The first-order valence-corrected chi connectivity index (χ1v) is 8.23. The molecule has 0 spiro atoms. The lowest BCUT2D eigenvalue weighted by Crippen LogP contribution is -2.26. The first-order valence-electron chi connectivity index (χ1n) is 6.68. The van der Waals surface area contributed by atoms with Gasteiger partial charge in [0.2, 0.25) is 15.9 Å². The number of nitrogens with zero attached hydrogens (tertiary/aromatic N) is 2. The fraction of sp³-hybridized carbons (Fsp3) is 0.133. The van der Waals surface area contributed by atoms with Gasteiger partial charge in [-0.05, 0) is 36.4 Å². The van der Waals surface area contributed by atoms with Crippen LogP contribution in [0.25, 0.3) is 0 Å². The predicted molar refractivity (Wildman–Crippen MR) is 84.0 cm³/mol. The number of primary sulfonamides is 1. The van der Waals surface area contributed by atoms with Crippen LogP contribution >= 0.6 is 0 Å². The Morgan fingerprint density at radius 3 is 2.14 bits per heavy atom. The molecule has 1 amide bonds. The van der Waals surface area contributed by atoms with Gasteiger partial charge in [-0.1, -0.05) is 18.2 Å². The Bertz CT molecular complexity index is 789. The lowest BCUT2D eigenvalue weighted by molar-refractivity contribution is -0.115. The SMILES string of the molecule is NS(=O)(=O)c1ccc(N2CN(c3ccccc3)CC2=O)cc1. The number of amides is 1. The average Bonchev–Trinajstić information content (AvgIpc) is 2.89. The topological polar surface area (TPSA) is 83.7 Å². The van der Waals surface area contributed by atoms with E-state index in [0.29, 0.717) is 18.9 Å². The van der Waals surface area contributed by atoms with E-state index >= 15 is 0 Å². The van der Waals surface area contributed by atoms with Crippen LogP contribution in [0.15, 0.2) is 59.5 Å². The second-order valence-corrected chi connectivity index (χ2v) is 6.60. The number of rotatable bonds is 3. The summed E-state index contributed by atoms with van der Waals surface area (Å²) in [5.74, 6) is -0.0350. The van der Waals surface area contributed by atoms with Gasteiger partial charge < -0.3 is 4.90 Å². The van der Waals surface area contributed by atoms with Crippen molar-refractivity contribution in [1.82, 2.24) is 0 Å². The maximum Gasteiger partial charge on any atom is 0.248 e. The summed E-state index contributed by atoms with van der Waals surface area (Å²) in [6.07, 6.45) is 0. The largest absolute Gasteiger partial charge is 0.344 e. The summed E-state index contributed by atoms with van der Waals surface area (Å²) in [6, 6.07) is 15.6. The number of carbonyl (C=O) groups excluding carboxylic acids is 1. The molecule has 1 aliphatic heterocycles. The Morgan fingerprint density at radius 2 is 1.55 bits per heavy atom. The number of anilines is 2. The summed E-state index contributed by atoms with van der Waals surface area (Å²) < 4.78 is 22.5. The highest BCUT2D eigenvalue weighted by atomic mass is 32.2. The van der Waals surface area contributed by atoms with Gasteiger partial charge in [0, 0.05) is 11.4 Å². The maximum atomic E-state index is 12.2. The minimum Gasteiger partial charge on any atom is -0.344 e. The minimum absolute atomic E-state index is 0.0304. The highest BCUT2D eigenvalue weighted by molar-refractivity contribution is 7.89. The first kappa shape index (κ1) is 14.6. The molecule has 6 nitrogen and oxygen atoms in total. The van der Waals surface area contributed by atoms with Crippen LogP contribution in [0.4, 0.5) is 11.4 Å². The third kappa shape index (κ3) is 2.81. The molecule has 1 aliphatic rings. The molecule has 0 aromatic heterocycles. The summed E-state index contributed by atoms with van der Waals surface area (Å²) >= 11 is 0. The Morgan fingerprint density at radius 1 is 0.909 bits per heavy atom. The van der Waals surface area contributed by atoms with Gasteiger partial charge in [0.15, 0.2) is 0 Å². The van der Waals surface area contributed by atoms with Crippen LogP contribution < -0.4 is 14.9 Å². The zero-order valence-electron chi connectivity index (χ0n) is 11.7. The van der Waals surface area contributed by atoms with Crippen LogP contribution in [-0.4, -0.2) is 27.5 Å². The summed E-state index contributed by atoms with van der Waals surface area (Å²) in [4.78, 5) is 15.8. The van der Waals surface area contributed by atoms with Crippen molar-refractivity contribution in [2.75, 3.05) is 23.0 Å². The fourth-order valence-electron chi connectivity index (χ4n) is 2.40. The van der Waals surface area contributed by atoms with Crippen molar-refractivity contribution < 1.29 is 13.2 Å². The van der Waals surface area contributed by atoms with Crippen molar-refractivity contribution in [3.05, 3.63) is 54.6 Å². The van der Waals surface area contributed by atoms with E-state index in [1.807, 2.05) is 35.2 Å². The second-order valence-electron chi connectivity index (χ2n) is 5.04. The van der Waals surface area contributed by atoms with Crippen LogP contribution in [0.1, 0.15) is 0 Å². The first-order chi connectivity index (χ1) is 10.4. The van der Waals surface area contributed by atoms with E-state index in [9.17, 15) is 13.2 Å². The predicted octanol–water partition coefficient (Wildman–Crippen LogP) is 1.14. The molecule has 0 aliphatic carbocycles. The van der Waals surface area contributed by atoms with Gasteiger partial charge in [-0.3, -0.25) is 9.69 Å². The van der Waals surface area contributed by atoms with Gasteiger partial charge in [0.1, 0.15) is 0 Å². The van der Waals surface area contributed by atoms with E-state index in [1.54, 1.807) is 17.0 Å². The summed E-state index contributed by atoms with van der Waals surface area (Å²) in [7, 11) is -3.72. The second kappa shape index (κ2) is 5.43. The van der Waals surface area contributed by atoms with Gasteiger partial charge in [-0.15, -0.1) is 0 Å². The van der Waals surface area contributed by atoms with Gasteiger partial charge in [-0.2, -0.15) is 0 Å². The molecular formula is C15H15N3O3S. The average molecular weight is 317 g/mol. The molecule has 1 saturated heterocycles. The zero-order valence-corrected chi connectivity index (χ0v) is 12.5. The molecule has 22 heavy (non-hydrogen) atoms. The molecule has 2 N–H and O–H groups in total. The number of hydrogen-bond acceptors (Lipinski definition) is 4. The van der Waals surface area contributed by atoms with Crippen molar-refractivity contribution in [1.29, 1.82) is 0 Å². The van der Waals surface area contributed by atoms with E-state index in [0.717, 1.165) is 5.69 Å². The van der Waals surface area contributed by atoms with Crippen molar-refractivity contribution >= 4 is 27.3 Å². The van der Waals surface area contributed by atoms with Gasteiger partial charge in [-0.25, -0.2) is 13.6 Å². The van der Waals surface area contributed by atoms with Crippen LogP contribution in [0.5, 0.6) is 0 Å². The molecule has 3 rings (SSSR count). The molecule has 7 heteroatoms. The fourth-order valence-corrected chi connectivity index (χ4v) is 2.92. The number of hydrogen-bond donors (Lipinski definition) is 1. The lowest BCUT2D eigenvalue weighted by Gasteiger charge is -2.19. The Hall–Kier alpha value is -2.38. The molecule has 1 heterocycles. The quantitative estimate of drug-likeness (QED) is 0.920. The monoisotopic (exact) mass is 317 g/mol. The van der Waals surface area contributed by atoms with Crippen molar-refractivity contribution in [2.45, 2.75) is 4.90 Å². The Balaban J connectivity index is 1.82. The van der Waals surface area contributed by atoms with E-state index in [-0.39, 0.29) is 10.8 Å². The normalized spacial score (nSPS) is 15.4. The number of nitrogens with two attached hydrogens (primary N) is 1. The standard InChI is InChI=1S/C15H15N3O3S/c16-22(20,21)14-8-6-13(7-9-14)18-11-17(10-15(18)19)12-4-2-1-3-5-12/h1-9H,10-11H2,(H2,16,20,21). The molecule has 2 aromatic carbocycles. The molecule has 0 radical (unpaired) electrons. The van der Waals surface area contributed by atoms with Crippen LogP contribution in [0, 0.1) is 0 Å². The zero-order chi connectivity index (χ0) is 15.7. The van der Waals surface area contributed by atoms with Crippen LogP contribution in [0.2, 0.25) is 0 Å². The van der Waals surface area contributed by atoms with Gasteiger partial charge in [0.05, 0.1) is 18.1 Å². The molecule has 1 fully saturated rings. The molecule has 0 saturated carbocycles. The highest BCUT2D eigenvalue weighted by Crippen LogP contribution is 2.24. The molecule has 2 aromatic rings. The summed E-state index contributed by atoms with van der Waals surface area (Å²) in [5.41, 5.74) is 1.62. The number of sulfonamides is 1. The Kier molecular flexibility index (Phi) is 3.59. The van der Waals surface area contributed by atoms with E-state index in [4.69, 9.17) is 5.14 Å². The maximum absolute atomic E-state index is 12.2. The number of para-hydroxylation sites is 1. The molecule has 0 bridgehead atoms. The minimum atomic E-state index is -3.72. The molecule has 0 unspecified atom stereocenters. The number of carbonyl (C=O) groups is 1. The van der Waals surface area contributed by atoms with Crippen molar-refractivity contribution in [3.63, 3.8) is 0 Å². The summed E-state index contributed by atoms with van der Waals surface area (Å²) in [5, 5.41) is 5.07. The van der Waals surface area contributed by atoms with Crippen molar-refractivity contribution in [2.24, 2.45) is 5.14 Å². The van der Waals surface area contributed by atoms with Gasteiger partial charge in [0.25, 0.3) is 0 Å².